The van der Waals surface area contributed by atoms with E-state index in [4.69, 9.17) is 11.6 Å². The van der Waals surface area contributed by atoms with Gasteiger partial charge in [0.1, 0.15) is 5.82 Å². The van der Waals surface area contributed by atoms with Crippen LogP contribution >= 0.6 is 27.5 Å². The van der Waals surface area contributed by atoms with Gasteiger partial charge < -0.3 is 5.32 Å². The average Bonchev–Trinajstić information content (AvgIpc) is 2.42. The number of benzene rings is 2. The average molecular weight is 343 g/mol. The van der Waals surface area contributed by atoms with Gasteiger partial charge in [-0.05, 0) is 29.8 Å². The molecule has 1 N–H and O–H groups in total. The van der Waals surface area contributed by atoms with Crippen molar-refractivity contribution in [3.05, 3.63) is 64.4 Å². The predicted octanol–water partition coefficient (Wildman–Crippen LogP) is 4.63. The van der Waals surface area contributed by atoms with Crippen LogP contribution < -0.4 is 5.32 Å². The zero-order valence-corrected chi connectivity index (χ0v) is 12.1. The second kappa shape index (κ2) is 6.17. The van der Waals surface area contributed by atoms with Crippen molar-refractivity contribution in [3.8, 4) is 0 Å². The van der Waals surface area contributed by atoms with E-state index in [0.717, 1.165) is 5.56 Å². The van der Waals surface area contributed by atoms with Crippen LogP contribution in [-0.2, 0) is 5.33 Å². The lowest BCUT2D eigenvalue weighted by Gasteiger charge is -2.08. The van der Waals surface area contributed by atoms with Crippen molar-refractivity contribution in [3.63, 3.8) is 0 Å². The molecule has 0 aliphatic carbocycles. The molecule has 0 radical (unpaired) electrons. The van der Waals surface area contributed by atoms with Crippen molar-refractivity contribution in [2.24, 2.45) is 0 Å². The maximum atomic E-state index is 13.3. The molecule has 2 rings (SSSR count). The highest BCUT2D eigenvalue weighted by atomic mass is 79.9. The lowest BCUT2D eigenvalue weighted by molar-refractivity contribution is 0.102. The summed E-state index contributed by atoms with van der Waals surface area (Å²) in [6.07, 6.45) is 0. The standard InChI is InChI=1S/C14H10BrClFNO/c15-8-9-3-1-4-10(7-9)18-14(19)11-5-2-6-12(17)13(11)16/h1-7H,8H2,(H,18,19). The van der Waals surface area contributed by atoms with Crippen LogP contribution in [0.2, 0.25) is 5.02 Å². The highest BCUT2D eigenvalue weighted by Gasteiger charge is 2.13. The van der Waals surface area contributed by atoms with E-state index in [0.29, 0.717) is 11.0 Å². The summed E-state index contributed by atoms with van der Waals surface area (Å²) >= 11 is 9.11. The molecule has 0 saturated heterocycles. The fraction of sp³-hybridized carbons (Fsp3) is 0.0714. The topological polar surface area (TPSA) is 29.1 Å². The Bertz CT molecular complexity index is 618. The summed E-state index contributed by atoms with van der Waals surface area (Å²) in [5.74, 6) is -1.04. The molecular formula is C14H10BrClFNO. The molecule has 0 aliphatic rings. The lowest BCUT2D eigenvalue weighted by atomic mass is 10.2. The van der Waals surface area contributed by atoms with E-state index >= 15 is 0 Å². The fourth-order valence-electron chi connectivity index (χ4n) is 1.61. The Balaban J connectivity index is 2.23. The van der Waals surface area contributed by atoms with Crippen molar-refractivity contribution < 1.29 is 9.18 Å². The van der Waals surface area contributed by atoms with Crippen LogP contribution in [0.4, 0.5) is 10.1 Å². The van der Waals surface area contributed by atoms with Crippen LogP contribution in [0, 0.1) is 5.82 Å². The Morgan fingerprint density at radius 2 is 2.00 bits per heavy atom. The number of hydrogen-bond donors (Lipinski definition) is 1. The Morgan fingerprint density at radius 1 is 1.26 bits per heavy atom. The van der Waals surface area contributed by atoms with Gasteiger partial charge in [0.15, 0.2) is 0 Å². The van der Waals surface area contributed by atoms with E-state index in [-0.39, 0.29) is 10.6 Å². The minimum atomic E-state index is -0.608. The number of hydrogen-bond acceptors (Lipinski definition) is 1. The molecule has 19 heavy (non-hydrogen) atoms. The quantitative estimate of drug-likeness (QED) is 0.810. The van der Waals surface area contributed by atoms with Crippen molar-refractivity contribution in [2.75, 3.05) is 5.32 Å². The number of carbonyl (C=O) groups is 1. The molecule has 0 aromatic heterocycles. The molecular weight excluding hydrogens is 333 g/mol. The lowest BCUT2D eigenvalue weighted by Crippen LogP contribution is -2.13. The first kappa shape index (κ1) is 14.0. The molecule has 98 valence electrons. The number of halogens is 3. The van der Waals surface area contributed by atoms with Crippen molar-refractivity contribution in [1.82, 2.24) is 0 Å². The molecule has 2 aromatic carbocycles. The number of nitrogens with one attached hydrogen (secondary N) is 1. The minimum absolute atomic E-state index is 0.117. The molecule has 0 aliphatic heterocycles. The van der Waals surface area contributed by atoms with Crippen LogP contribution in [0.5, 0.6) is 0 Å². The number of alkyl halides is 1. The van der Waals surface area contributed by atoms with Crippen LogP contribution in [0.3, 0.4) is 0 Å². The van der Waals surface area contributed by atoms with Crippen LogP contribution in [-0.4, -0.2) is 5.91 Å². The monoisotopic (exact) mass is 341 g/mol. The van der Waals surface area contributed by atoms with Gasteiger partial charge in [0.25, 0.3) is 5.91 Å². The number of anilines is 1. The first-order chi connectivity index (χ1) is 9.11. The molecule has 0 heterocycles. The van der Waals surface area contributed by atoms with Gasteiger partial charge in [-0.15, -0.1) is 0 Å². The van der Waals surface area contributed by atoms with Gasteiger partial charge in [0.2, 0.25) is 0 Å². The van der Waals surface area contributed by atoms with Gasteiger partial charge in [-0.1, -0.05) is 45.7 Å². The second-order valence-electron chi connectivity index (χ2n) is 3.89. The van der Waals surface area contributed by atoms with Gasteiger partial charge in [0.05, 0.1) is 10.6 Å². The maximum absolute atomic E-state index is 13.3. The zero-order valence-electron chi connectivity index (χ0n) is 9.79. The van der Waals surface area contributed by atoms with Crippen molar-refractivity contribution >= 4 is 39.1 Å². The largest absolute Gasteiger partial charge is 0.322 e. The Hall–Kier alpha value is -1.39. The molecule has 0 fully saturated rings. The predicted molar refractivity (Wildman–Crippen MR) is 78.4 cm³/mol. The first-order valence-corrected chi connectivity index (χ1v) is 7.02. The zero-order chi connectivity index (χ0) is 13.8. The summed E-state index contributed by atoms with van der Waals surface area (Å²) < 4.78 is 13.3. The van der Waals surface area contributed by atoms with Gasteiger partial charge in [-0.25, -0.2) is 4.39 Å². The normalized spacial score (nSPS) is 10.3. The van der Waals surface area contributed by atoms with E-state index in [9.17, 15) is 9.18 Å². The number of rotatable bonds is 3. The third-order valence-electron chi connectivity index (χ3n) is 2.54. The molecule has 2 aromatic rings. The Morgan fingerprint density at radius 3 is 2.74 bits per heavy atom. The highest BCUT2D eigenvalue weighted by molar-refractivity contribution is 9.08. The second-order valence-corrected chi connectivity index (χ2v) is 4.83. The van der Waals surface area contributed by atoms with Crippen LogP contribution in [0.1, 0.15) is 15.9 Å². The van der Waals surface area contributed by atoms with Crippen LogP contribution in [0.15, 0.2) is 42.5 Å². The highest BCUT2D eigenvalue weighted by Crippen LogP contribution is 2.21. The van der Waals surface area contributed by atoms with E-state index in [1.165, 1.54) is 18.2 Å². The fourth-order valence-corrected chi connectivity index (χ4v) is 2.17. The van der Waals surface area contributed by atoms with E-state index in [1.54, 1.807) is 6.07 Å². The van der Waals surface area contributed by atoms with Gasteiger partial charge >= 0.3 is 0 Å². The maximum Gasteiger partial charge on any atom is 0.257 e. The smallest absolute Gasteiger partial charge is 0.257 e. The first-order valence-electron chi connectivity index (χ1n) is 5.52. The molecule has 1 amide bonds. The molecule has 0 unspecified atom stereocenters. The summed E-state index contributed by atoms with van der Waals surface area (Å²) in [5, 5.41) is 3.21. The molecule has 0 atom stereocenters. The summed E-state index contributed by atoms with van der Waals surface area (Å²) in [6.45, 7) is 0. The van der Waals surface area contributed by atoms with E-state index < -0.39 is 11.7 Å². The minimum Gasteiger partial charge on any atom is -0.322 e. The van der Waals surface area contributed by atoms with Crippen LogP contribution in [0.25, 0.3) is 0 Å². The molecule has 2 nitrogen and oxygen atoms in total. The molecule has 5 heteroatoms. The SMILES string of the molecule is O=C(Nc1cccc(CBr)c1)c1cccc(F)c1Cl. The van der Waals surface area contributed by atoms with Crippen molar-refractivity contribution in [2.45, 2.75) is 5.33 Å². The van der Waals surface area contributed by atoms with E-state index in [2.05, 4.69) is 21.2 Å². The number of amides is 1. The van der Waals surface area contributed by atoms with Gasteiger partial charge in [-0.2, -0.15) is 0 Å². The van der Waals surface area contributed by atoms with E-state index in [1.807, 2.05) is 18.2 Å². The third kappa shape index (κ3) is 3.33. The molecule has 0 bridgehead atoms. The summed E-state index contributed by atoms with van der Waals surface area (Å²) in [6, 6.07) is 11.5. The molecule has 0 saturated carbocycles. The Labute approximate surface area is 123 Å². The third-order valence-corrected chi connectivity index (χ3v) is 3.57. The Kier molecular flexibility index (Phi) is 4.56. The number of carbonyl (C=O) groups excluding carboxylic acids is 1. The van der Waals surface area contributed by atoms with Crippen molar-refractivity contribution in [1.29, 1.82) is 0 Å². The summed E-state index contributed by atoms with van der Waals surface area (Å²) in [7, 11) is 0. The summed E-state index contributed by atoms with van der Waals surface area (Å²) in [4.78, 5) is 12.0. The van der Waals surface area contributed by atoms with Gasteiger partial charge in [0, 0.05) is 11.0 Å². The molecule has 0 spiro atoms. The van der Waals surface area contributed by atoms with Gasteiger partial charge in [-0.3, -0.25) is 4.79 Å². The summed E-state index contributed by atoms with van der Waals surface area (Å²) in [5.41, 5.74) is 1.79.